The number of nitrogens with zero attached hydrogens (tertiary/aromatic N) is 1. The number of phosphoric ester groups is 1. The summed E-state index contributed by atoms with van der Waals surface area (Å²) in [4.78, 5) is 23.4. The molecule has 0 aliphatic heterocycles. The van der Waals surface area contributed by atoms with Crippen molar-refractivity contribution in [2.24, 2.45) is 0 Å². The number of hydrogen-bond acceptors (Lipinski definition) is 5. The molecule has 0 saturated carbocycles. The Kier molecular flexibility index (Phi) is 54.4. The molecule has 430 valence electrons. The average Bonchev–Trinajstić information content (AvgIpc) is 3.34. The lowest BCUT2D eigenvalue weighted by atomic mass is 10.0. The molecule has 3 atom stereocenters. The van der Waals surface area contributed by atoms with Crippen molar-refractivity contribution < 1.29 is 32.9 Å². The Morgan fingerprint density at radius 1 is 0.458 bits per heavy atom. The second-order valence-corrected chi connectivity index (χ2v) is 25.0. The number of carbonyl (C=O) groups excluding carboxylic acids is 1. The number of allylic oxidation sites excluding steroid dienone is 2. The van der Waals surface area contributed by atoms with Gasteiger partial charge < -0.3 is 19.8 Å². The molecular weight excluding hydrogens is 912 g/mol. The molecule has 0 bridgehead atoms. The molecule has 0 radical (unpaired) electrons. The zero-order valence-electron chi connectivity index (χ0n) is 49.2. The van der Waals surface area contributed by atoms with Crippen LogP contribution in [0.4, 0.5) is 0 Å². The number of carbonyl (C=O) groups is 1. The molecule has 8 nitrogen and oxygen atoms in total. The number of hydrogen-bond donors (Lipinski definition) is 3. The first-order chi connectivity index (χ1) is 35.0. The van der Waals surface area contributed by atoms with Crippen LogP contribution in [-0.4, -0.2) is 73.4 Å². The van der Waals surface area contributed by atoms with E-state index in [0.717, 1.165) is 38.5 Å². The van der Waals surface area contributed by atoms with Gasteiger partial charge in [-0.3, -0.25) is 13.8 Å². The van der Waals surface area contributed by atoms with Crippen molar-refractivity contribution in [1.82, 2.24) is 5.32 Å². The molecule has 0 spiro atoms. The van der Waals surface area contributed by atoms with E-state index in [1.807, 2.05) is 21.1 Å². The summed E-state index contributed by atoms with van der Waals surface area (Å²) in [5.74, 6) is -0.138. The van der Waals surface area contributed by atoms with Crippen LogP contribution in [0, 0.1) is 0 Å². The van der Waals surface area contributed by atoms with E-state index in [-0.39, 0.29) is 19.1 Å². The van der Waals surface area contributed by atoms with Crippen LogP contribution < -0.4 is 5.32 Å². The highest BCUT2D eigenvalue weighted by molar-refractivity contribution is 7.47. The second kappa shape index (κ2) is 55.0. The molecule has 0 aliphatic rings. The summed E-state index contributed by atoms with van der Waals surface area (Å²) >= 11 is 0. The van der Waals surface area contributed by atoms with E-state index in [2.05, 4.69) is 31.3 Å². The highest BCUT2D eigenvalue weighted by atomic mass is 31.2. The number of phosphoric acid groups is 1. The number of aliphatic hydroxyl groups excluding tert-OH is 1. The fraction of sp³-hybridized carbons (Fsp3) is 0.952. The van der Waals surface area contributed by atoms with Crippen LogP contribution in [0.2, 0.25) is 0 Å². The van der Waals surface area contributed by atoms with Crippen molar-refractivity contribution in [2.75, 3.05) is 40.9 Å². The van der Waals surface area contributed by atoms with E-state index < -0.39 is 20.0 Å². The van der Waals surface area contributed by atoms with Crippen LogP contribution >= 0.6 is 7.82 Å². The summed E-state index contributed by atoms with van der Waals surface area (Å²) in [6, 6.07) is -0.759. The van der Waals surface area contributed by atoms with E-state index in [4.69, 9.17) is 9.05 Å². The maximum Gasteiger partial charge on any atom is 0.472 e. The Balaban J connectivity index is 4.06. The summed E-state index contributed by atoms with van der Waals surface area (Å²) in [5.41, 5.74) is 0. The van der Waals surface area contributed by atoms with Gasteiger partial charge in [-0.1, -0.05) is 302 Å². The molecule has 0 aromatic rings. The Labute approximate surface area is 450 Å². The summed E-state index contributed by atoms with van der Waals surface area (Å²) in [7, 11) is 1.63. The van der Waals surface area contributed by atoms with E-state index in [9.17, 15) is 19.4 Å². The Bertz CT molecular complexity index is 1180. The van der Waals surface area contributed by atoms with Gasteiger partial charge in [0.05, 0.1) is 39.9 Å². The van der Waals surface area contributed by atoms with Gasteiger partial charge in [0, 0.05) is 6.42 Å². The second-order valence-electron chi connectivity index (χ2n) is 23.5. The first-order valence-corrected chi connectivity index (χ1v) is 33.5. The third-order valence-corrected chi connectivity index (χ3v) is 16.0. The fourth-order valence-electron chi connectivity index (χ4n) is 9.99. The van der Waals surface area contributed by atoms with E-state index in [1.54, 1.807) is 0 Å². The number of nitrogens with one attached hydrogen (secondary N) is 1. The van der Waals surface area contributed by atoms with Crippen molar-refractivity contribution in [3.8, 4) is 0 Å². The van der Waals surface area contributed by atoms with Gasteiger partial charge in [0.25, 0.3) is 0 Å². The minimum absolute atomic E-state index is 0.0775. The molecule has 0 saturated heterocycles. The zero-order valence-corrected chi connectivity index (χ0v) is 50.1. The topological polar surface area (TPSA) is 105 Å². The lowest BCUT2D eigenvalue weighted by Gasteiger charge is -2.26. The number of amides is 1. The maximum absolute atomic E-state index is 13.0. The van der Waals surface area contributed by atoms with E-state index >= 15 is 0 Å². The van der Waals surface area contributed by atoms with E-state index in [1.165, 1.54) is 270 Å². The van der Waals surface area contributed by atoms with Crippen LogP contribution in [0.25, 0.3) is 0 Å². The molecule has 0 aromatic heterocycles. The van der Waals surface area contributed by atoms with Crippen LogP contribution in [0.3, 0.4) is 0 Å². The number of quaternary nitrogens is 1. The van der Waals surface area contributed by atoms with E-state index in [0.29, 0.717) is 23.9 Å². The minimum atomic E-state index is -4.32. The lowest BCUT2D eigenvalue weighted by molar-refractivity contribution is -0.870. The van der Waals surface area contributed by atoms with Crippen LogP contribution in [0.15, 0.2) is 12.2 Å². The predicted octanol–water partition coefficient (Wildman–Crippen LogP) is 19.8. The summed E-state index contributed by atoms with van der Waals surface area (Å²) in [5, 5.41) is 14.1. The first-order valence-electron chi connectivity index (χ1n) is 32.1. The van der Waals surface area contributed by atoms with Crippen LogP contribution in [0.5, 0.6) is 0 Å². The smallest absolute Gasteiger partial charge is 0.391 e. The molecule has 1 amide bonds. The standard InChI is InChI=1S/C63H127N2O6P/c1-6-8-10-12-14-16-18-20-22-24-26-28-30-31-32-33-34-35-37-39-41-43-45-47-49-51-53-55-57-63(67)64-61(60-71-72(68,69)70-59-58-65(3,4)5)62(66)56-54-52-50-48-46-44-42-40-38-36-29-27-25-23-21-19-17-15-13-11-9-7-2/h31-32,61-62,66H,6-30,33-60H2,1-5H3,(H-,64,67,68,69)/p+1/b32-31-. The summed E-state index contributed by atoms with van der Waals surface area (Å²) in [6.45, 7) is 4.95. The molecule has 0 heterocycles. The zero-order chi connectivity index (χ0) is 52.7. The van der Waals surface area contributed by atoms with Gasteiger partial charge >= 0.3 is 7.82 Å². The van der Waals surface area contributed by atoms with Crippen molar-refractivity contribution in [3.63, 3.8) is 0 Å². The van der Waals surface area contributed by atoms with Gasteiger partial charge in [-0.2, -0.15) is 0 Å². The Morgan fingerprint density at radius 3 is 1.07 bits per heavy atom. The number of likely N-dealkylation sites (N-methyl/N-ethyl adjacent to an activating group) is 1. The molecule has 0 fully saturated rings. The van der Waals surface area contributed by atoms with Crippen molar-refractivity contribution in [3.05, 3.63) is 12.2 Å². The van der Waals surface area contributed by atoms with Gasteiger partial charge in [0.2, 0.25) is 5.91 Å². The SMILES string of the molecule is CCCCCCCCCCCCCC/C=C\CCCCCCCCCCCCCCC(=O)NC(COP(=O)(O)OCC[N+](C)(C)C)C(O)CCCCCCCCCCCCCCCCCCCCCCCC. The van der Waals surface area contributed by atoms with Crippen molar-refractivity contribution in [2.45, 2.75) is 347 Å². The Morgan fingerprint density at radius 2 is 0.750 bits per heavy atom. The fourth-order valence-corrected chi connectivity index (χ4v) is 10.7. The molecule has 0 aliphatic carbocycles. The number of rotatable bonds is 60. The van der Waals surface area contributed by atoms with Crippen LogP contribution in [0.1, 0.15) is 335 Å². The molecule has 9 heteroatoms. The summed E-state index contributed by atoms with van der Waals surface area (Å²) < 4.78 is 23.8. The third kappa shape index (κ3) is 57.0. The van der Waals surface area contributed by atoms with Gasteiger partial charge in [-0.25, -0.2) is 4.57 Å². The van der Waals surface area contributed by atoms with Crippen molar-refractivity contribution in [1.29, 1.82) is 0 Å². The molecular formula is C63H128N2O6P+. The number of unbranched alkanes of at least 4 members (excludes halogenated alkanes) is 45. The van der Waals surface area contributed by atoms with Crippen molar-refractivity contribution >= 4 is 13.7 Å². The lowest BCUT2D eigenvalue weighted by Crippen LogP contribution is -2.46. The molecule has 3 unspecified atom stereocenters. The van der Waals surface area contributed by atoms with Gasteiger partial charge in [0.15, 0.2) is 0 Å². The minimum Gasteiger partial charge on any atom is -0.391 e. The highest BCUT2D eigenvalue weighted by Gasteiger charge is 2.28. The van der Waals surface area contributed by atoms with Gasteiger partial charge in [0.1, 0.15) is 13.2 Å². The highest BCUT2D eigenvalue weighted by Crippen LogP contribution is 2.43. The molecule has 3 N–H and O–H groups in total. The maximum atomic E-state index is 13.0. The van der Waals surface area contributed by atoms with Crippen LogP contribution in [-0.2, 0) is 18.4 Å². The van der Waals surface area contributed by atoms with Gasteiger partial charge in [-0.05, 0) is 38.5 Å². The normalized spacial score (nSPS) is 13.8. The average molecular weight is 1040 g/mol. The predicted molar refractivity (Wildman–Crippen MR) is 314 cm³/mol. The van der Waals surface area contributed by atoms with Gasteiger partial charge in [-0.15, -0.1) is 0 Å². The molecule has 0 aromatic carbocycles. The first kappa shape index (κ1) is 71.2. The monoisotopic (exact) mass is 1040 g/mol. The quantitative estimate of drug-likeness (QED) is 0.0243. The Hall–Kier alpha value is -0.760. The molecule has 72 heavy (non-hydrogen) atoms. The molecule has 0 rings (SSSR count). The third-order valence-electron chi connectivity index (χ3n) is 15.0. The summed E-state index contributed by atoms with van der Waals surface area (Å²) in [6.07, 6.45) is 68.6. The number of aliphatic hydroxyl groups is 1. The largest absolute Gasteiger partial charge is 0.472 e.